The maximum absolute atomic E-state index is 10.5. The van der Waals surface area contributed by atoms with Crippen LogP contribution in [0, 0.1) is 5.41 Å². The number of rotatable bonds is 2. The minimum absolute atomic E-state index is 0.311. The average molecular weight is 160 g/mol. The molecular weight excluding hydrogens is 144 g/mol. The number of aliphatic hydroxyl groups is 1. The van der Waals surface area contributed by atoms with Crippen molar-refractivity contribution in [3.63, 3.8) is 0 Å². The zero-order valence-electron chi connectivity index (χ0n) is 7.16. The Balaban J connectivity index is 4.25. The van der Waals surface area contributed by atoms with Crippen molar-refractivity contribution in [1.29, 1.82) is 0 Å². The van der Waals surface area contributed by atoms with Crippen LogP contribution in [0.25, 0.3) is 0 Å². The number of aliphatic hydroxyl groups excluding tert-OH is 1. The Labute approximate surface area is 66.6 Å². The molecular formula is C7H16N2O2. The highest BCUT2D eigenvalue weighted by Crippen LogP contribution is 2.19. The van der Waals surface area contributed by atoms with Gasteiger partial charge in [-0.25, -0.2) is 0 Å². The number of carbonyl (C=O) groups is 1. The first kappa shape index (κ1) is 10.4. The highest BCUT2D eigenvalue weighted by atomic mass is 16.3. The van der Waals surface area contributed by atoms with Crippen LogP contribution in [-0.4, -0.2) is 23.2 Å². The third kappa shape index (κ3) is 2.86. The van der Waals surface area contributed by atoms with E-state index in [0.29, 0.717) is 0 Å². The van der Waals surface area contributed by atoms with E-state index in [-0.39, 0.29) is 5.41 Å². The predicted octanol–water partition coefficient (Wildman–Crippen LogP) is -0.794. The van der Waals surface area contributed by atoms with Crippen molar-refractivity contribution in [2.24, 2.45) is 16.9 Å². The van der Waals surface area contributed by atoms with E-state index in [4.69, 9.17) is 16.6 Å². The van der Waals surface area contributed by atoms with Crippen LogP contribution in [0.2, 0.25) is 0 Å². The van der Waals surface area contributed by atoms with Gasteiger partial charge in [0, 0.05) is 6.04 Å². The number of hydrogen-bond acceptors (Lipinski definition) is 3. The normalized spacial score (nSPS) is 17.5. The van der Waals surface area contributed by atoms with E-state index in [1.807, 2.05) is 20.8 Å². The van der Waals surface area contributed by atoms with Gasteiger partial charge in [-0.1, -0.05) is 20.8 Å². The lowest BCUT2D eigenvalue weighted by Gasteiger charge is -2.29. The zero-order chi connectivity index (χ0) is 9.23. The fourth-order valence-electron chi connectivity index (χ4n) is 0.651. The molecule has 11 heavy (non-hydrogen) atoms. The van der Waals surface area contributed by atoms with Gasteiger partial charge in [0.2, 0.25) is 5.91 Å². The van der Waals surface area contributed by atoms with E-state index in [2.05, 4.69) is 0 Å². The molecule has 66 valence electrons. The summed E-state index contributed by atoms with van der Waals surface area (Å²) in [7, 11) is 0. The lowest BCUT2D eigenvalue weighted by atomic mass is 9.84. The molecule has 0 aliphatic carbocycles. The average Bonchev–Trinajstić information content (AvgIpc) is 1.82. The molecule has 0 aromatic heterocycles. The maximum Gasteiger partial charge on any atom is 0.247 e. The lowest BCUT2D eigenvalue weighted by Crippen LogP contribution is -2.51. The van der Waals surface area contributed by atoms with Crippen LogP contribution < -0.4 is 11.5 Å². The van der Waals surface area contributed by atoms with Crippen molar-refractivity contribution in [1.82, 2.24) is 0 Å². The number of nitrogens with two attached hydrogens (primary N) is 2. The van der Waals surface area contributed by atoms with Crippen molar-refractivity contribution >= 4 is 5.91 Å². The second-order valence-electron chi connectivity index (χ2n) is 3.74. The number of primary amides is 1. The zero-order valence-corrected chi connectivity index (χ0v) is 7.16. The van der Waals surface area contributed by atoms with Gasteiger partial charge in [0.1, 0.15) is 6.10 Å². The Morgan fingerprint density at radius 1 is 1.45 bits per heavy atom. The largest absolute Gasteiger partial charge is 0.382 e. The van der Waals surface area contributed by atoms with E-state index in [0.717, 1.165) is 0 Å². The summed E-state index contributed by atoms with van der Waals surface area (Å²) >= 11 is 0. The van der Waals surface area contributed by atoms with Gasteiger partial charge in [-0.05, 0) is 5.41 Å². The van der Waals surface area contributed by atoms with Crippen molar-refractivity contribution in [2.75, 3.05) is 0 Å². The second kappa shape index (κ2) is 3.19. The van der Waals surface area contributed by atoms with Crippen molar-refractivity contribution in [3.8, 4) is 0 Å². The molecule has 0 aliphatic rings. The molecule has 0 bridgehead atoms. The third-order valence-electron chi connectivity index (χ3n) is 1.63. The quantitative estimate of drug-likeness (QED) is 0.494. The lowest BCUT2D eigenvalue weighted by molar-refractivity contribution is -0.128. The van der Waals surface area contributed by atoms with Crippen LogP contribution in [0.4, 0.5) is 0 Å². The highest BCUT2D eigenvalue weighted by Gasteiger charge is 2.30. The predicted molar refractivity (Wildman–Crippen MR) is 42.6 cm³/mol. The SMILES string of the molecule is CC(C)(C)C(N)C(O)C(N)=O. The smallest absolute Gasteiger partial charge is 0.247 e. The van der Waals surface area contributed by atoms with Crippen molar-refractivity contribution in [2.45, 2.75) is 32.9 Å². The molecule has 2 atom stereocenters. The molecule has 5 N–H and O–H groups in total. The standard InChI is InChI=1S/C7H16N2O2/c1-7(2,3)5(8)4(10)6(9)11/h4-5,10H,8H2,1-3H3,(H2,9,11). The van der Waals surface area contributed by atoms with Gasteiger partial charge >= 0.3 is 0 Å². The molecule has 0 rings (SSSR count). The van der Waals surface area contributed by atoms with Gasteiger partial charge in [-0.2, -0.15) is 0 Å². The molecule has 4 nitrogen and oxygen atoms in total. The van der Waals surface area contributed by atoms with E-state index in [1.54, 1.807) is 0 Å². The van der Waals surface area contributed by atoms with Crippen LogP contribution in [0.3, 0.4) is 0 Å². The Bertz CT molecular complexity index is 151. The molecule has 2 unspecified atom stereocenters. The third-order valence-corrected chi connectivity index (χ3v) is 1.63. The summed E-state index contributed by atoms with van der Waals surface area (Å²) in [4.78, 5) is 10.5. The first-order chi connectivity index (χ1) is 4.76. The highest BCUT2D eigenvalue weighted by molar-refractivity contribution is 5.79. The molecule has 1 amide bonds. The summed E-state index contributed by atoms with van der Waals surface area (Å²) in [5.74, 6) is -0.771. The van der Waals surface area contributed by atoms with E-state index >= 15 is 0 Å². The number of carbonyl (C=O) groups excluding carboxylic acids is 1. The van der Waals surface area contributed by atoms with Crippen molar-refractivity contribution < 1.29 is 9.90 Å². The second-order valence-corrected chi connectivity index (χ2v) is 3.74. The number of amides is 1. The number of hydrogen-bond donors (Lipinski definition) is 3. The summed E-state index contributed by atoms with van der Waals surface area (Å²) in [5, 5.41) is 9.13. The Morgan fingerprint density at radius 2 is 1.82 bits per heavy atom. The molecule has 0 spiro atoms. The minimum atomic E-state index is -1.25. The molecule has 0 aromatic rings. The molecule has 0 aromatic carbocycles. The Kier molecular flexibility index (Phi) is 3.02. The topological polar surface area (TPSA) is 89.3 Å². The summed E-state index contributed by atoms with van der Waals surface area (Å²) in [6, 6.07) is -0.611. The molecule has 0 heterocycles. The molecule has 0 fully saturated rings. The first-order valence-electron chi connectivity index (χ1n) is 3.50. The first-order valence-corrected chi connectivity index (χ1v) is 3.50. The molecule has 0 aliphatic heterocycles. The van der Waals surface area contributed by atoms with Gasteiger partial charge in [-0.3, -0.25) is 4.79 Å². The fraction of sp³-hybridized carbons (Fsp3) is 0.857. The van der Waals surface area contributed by atoms with Gasteiger partial charge in [0.15, 0.2) is 0 Å². The monoisotopic (exact) mass is 160 g/mol. The maximum atomic E-state index is 10.5. The van der Waals surface area contributed by atoms with Crippen LogP contribution in [-0.2, 0) is 4.79 Å². The van der Waals surface area contributed by atoms with Gasteiger partial charge in [0.05, 0.1) is 0 Å². The van der Waals surface area contributed by atoms with Crippen molar-refractivity contribution in [3.05, 3.63) is 0 Å². The van der Waals surface area contributed by atoms with E-state index in [1.165, 1.54) is 0 Å². The summed E-state index contributed by atoms with van der Waals surface area (Å²) in [6.07, 6.45) is -1.25. The summed E-state index contributed by atoms with van der Waals surface area (Å²) < 4.78 is 0. The molecule has 0 saturated heterocycles. The van der Waals surface area contributed by atoms with E-state index in [9.17, 15) is 4.79 Å². The van der Waals surface area contributed by atoms with Gasteiger partial charge in [0.25, 0.3) is 0 Å². The molecule has 0 saturated carbocycles. The molecule has 0 radical (unpaired) electrons. The van der Waals surface area contributed by atoms with Crippen LogP contribution in [0.15, 0.2) is 0 Å². The van der Waals surface area contributed by atoms with E-state index < -0.39 is 18.1 Å². The van der Waals surface area contributed by atoms with Crippen LogP contribution in [0.1, 0.15) is 20.8 Å². The summed E-state index contributed by atoms with van der Waals surface area (Å²) in [6.45, 7) is 5.51. The Hall–Kier alpha value is -0.610. The fourth-order valence-corrected chi connectivity index (χ4v) is 0.651. The molecule has 4 heteroatoms. The minimum Gasteiger partial charge on any atom is -0.382 e. The van der Waals surface area contributed by atoms with Crippen LogP contribution >= 0.6 is 0 Å². The van der Waals surface area contributed by atoms with Gasteiger partial charge in [-0.15, -0.1) is 0 Å². The van der Waals surface area contributed by atoms with Crippen LogP contribution in [0.5, 0.6) is 0 Å². The van der Waals surface area contributed by atoms with Gasteiger partial charge < -0.3 is 16.6 Å². The Morgan fingerprint density at radius 3 is 1.91 bits per heavy atom. The summed E-state index contributed by atoms with van der Waals surface area (Å²) in [5.41, 5.74) is 10.1.